The average Bonchev–Trinajstić information content (AvgIpc) is 2.70. The lowest BCUT2D eigenvalue weighted by Gasteiger charge is -2.14. The standard InChI is InChI=1S/C13H19NOS/c1-16-10-3-2-8-14-9-7-11-12(14)5-4-6-13(11)15/h7,9H,2-6,8,10H2,1H3. The first-order chi connectivity index (χ1) is 7.83. The molecule has 88 valence electrons. The highest BCUT2D eigenvalue weighted by Crippen LogP contribution is 2.22. The van der Waals surface area contributed by atoms with Crippen LogP contribution in [0.15, 0.2) is 12.3 Å². The van der Waals surface area contributed by atoms with Crippen LogP contribution in [0.3, 0.4) is 0 Å². The van der Waals surface area contributed by atoms with Crippen molar-refractivity contribution < 1.29 is 4.79 Å². The summed E-state index contributed by atoms with van der Waals surface area (Å²) in [4.78, 5) is 11.7. The summed E-state index contributed by atoms with van der Waals surface area (Å²) >= 11 is 1.90. The van der Waals surface area contributed by atoms with E-state index in [1.807, 2.05) is 17.8 Å². The number of Topliss-reactive ketones (excluding diaryl/α,β-unsaturated/α-hetero) is 1. The molecule has 0 unspecified atom stereocenters. The predicted octanol–water partition coefficient (Wildman–Crippen LogP) is 3.15. The van der Waals surface area contributed by atoms with Gasteiger partial charge >= 0.3 is 0 Å². The number of carbonyl (C=O) groups is 1. The van der Waals surface area contributed by atoms with E-state index in [9.17, 15) is 4.79 Å². The van der Waals surface area contributed by atoms with Gasteiger partial charge in [0.1, 0.15) is 0 Å². The number of ketones is 1. The third-order valence-corrected chi connectivity index (χ3v) is 3.89. The highest BCUT2D eigenvalue weighted by Gasteiger charge is 2.19. The molecule has 1 aromatic heterocycles. The van der Waals surface area contributed by atoms with Crippen molar-refractivity contribution in [1.29, 1.82) is 0 Å². The zero-order chi connectivity index (χ0) is 11.4. The van der Waals surface area contributed by atoms with E-state index in [0.29, 0.717) is 5.78 Å². The summed E-state index contributed by atoms with van der Waals surface area (Å²) in [5, 5.41) is 0. The fourth-order valence-electron chi connectivity index (χ4n) is 2.33. The summed E-state index contributed by atoms with van der Waals surface area (Å²) in [5.41, 5.74) is 2.26. The Morgan fingerprint density at radius 3 is 3.06 bits per heavy atom. The van der Waals surface area contributed by atoms with Crippen LogP contribution in [-0.4, -0.2) is 22.4 Å². The molecular weight excluding hydrogens is 218 g/mol. The largest absolute Gasteiger partial charge is 0.351 e. The van der Waals surface area contributed by atoms with Crippen LogP contribution in [0.2, 0.25) is 0 Å². The Hall–Kier alpha value is -0.700. The Morgan fingerprint density at radius 1 is 1.38 bits per heavy atom. The molecule has 2 rings (SSSR count). The van der Waals surface area contributed by atoms with Crippen LogP contribution >= 0.6 is 11.8 Å². The number of hydrogen-bond acceptors (Lipinski definition) is 2. The molecule has 1 heterocycles. The smallest absolute Gasteiger partial charge is 0.164 e. The number of aryl methyl sites for hydroxylation is 1. The summed E-state index contributed by atoms with van der Waals surface area (Å²) in [6, 6.07) is 2.01. The monoisotopic (exact) mass is 237 g/mol. The normalized spacial score (nSPS) is 15.2. The second-order valence-electron chi connectivity index (χ2n) is 4.35. The Kier molecular flexibility index (Phi) is 4.10. The van der Waals surface area contributed by atoms with Crippen molar-refractivity contribution in [3.05, 3.63) is 23.5 Å². The van der Waals surface area contributed by atoms with Gasteiger partial charge < -0.3 is 4.57 Å². The molecular formula is C13H19NOS. The number of aromatic nitrogens is 1. The Labute approximate surface area is 101 Å². The van der Waals surface area contributed by atoms with Gasteiger partial charge in [-0.2, -0.15) is 11.8 Å². The fraction of sp³-hybridized carbons (Fsp3) is 0.615. The Bertz CT molecular complexity index is 370. The van der Waals surface area contributed by atoms with Crippen LogP contribution in [0, 0.1) is 0 Å². The van der Waals surface area contributed by atoms with Gasteiger partial charge in [0.25, 0.3) is 0 Å². The van der Waals surface area contributed by atoms with Crippen molar-refractivity contribution in [2.45, 2.75) is 38.6 Å². The molecule has 1 aliphatic rings. The molecule has 16 heavy (non-hydrogen) atoms. The summed E-state index contributed by atoms with van der Waals surface area (Å²) in [7, 11) is 0. The van der Waals surface area contributed by atoms with Crippen LogP contribution < -0.4 is 0 Å². The van der Waals surface area contributed by atoms with Crippen molar-refractivity contribution in [1.82, 2.24) is 4.57 Å². The molecule has 0 fully saturated rings. The minimum absolute atomic E-state index is 0.337. The molecule has 0 saturated heterocycles. The molecule has 0 atom stereocenters. The number of rotatable bonds is 5. The average molecular weight is 237 g/mol. The Morgan fingerprint density at radius 2 is 2.25 bits per heavy atom. The summed E-state index contributed by atoms with van der Waals surface area (Å²) in [6.45, 7) is 1.07. The first kappa shape index (κ1) is 11.8. The molecule has 1 aliphatic carbocycles. The molecule has 0 aromatic carbocycles. The molecule has 0 aliphatic heterocycles. The van der Waals surface area contributed by atoms with E-state index in [4.69, 9.17) is 0 Å². The van der Waals surface area contributed by atoms with Crippen LogP contribution in [0.4, 0.5) is 0 Å². The van der Waals surface area contributed by atoms with Crippen molar-refractivity contribution in [3.8, 4) is 0 Å². The molecule has 2 nitrogen and oxygen atoms in total. The van der Waals surface area contributed by atoms with Gasteiger partial charge in [0, 0.05) is 30.4 Å². The molecule has 0 N–H and O–H groups in total. The second kappa shape index (κ2) is 5.58. The minimum Gasteiger partial charge on any atom is -0.351 e. The zero-order valence-electron chi connectivity index (χ0n) is 9.87. The number of carbonyl (C=O) groups excluding carboxylic acids is 1. The number of hydrogen-bond donors (Lipinski definition) is 0. The number of nitrogens with zero attached hydrogens (tertiary/aromatic N) is 1. The van der Waals surface area contributed by atoms with E-state index in [0.717, 1.165) is 31.4 Å². The van der Waals surface area contributed by atoms with Gasteiger partial charge in [-0.1, -0.05) is 0 Å². The maximum absolute atomic E-state index is 11.7. The van der Waals surface area contributed by atoms with Crippen LogP contribution in [0.5, 0.6) is 0 Å². The van der Waals surface area contributed by atoms with E-state index in [2.05, 4.69) is 17.0 Å². The Balaban J connectivity index is 1.97. The van der Waals surface area contributed by atoms with Crippen molar-refractivity contribution in [2.75, 3.05) is 12.0 Å². The highest BCUT2D eigenvalue weighted by molar-refractivity contribution is 7.98. The van der Waals surface area contributed by atoms with Crippen molar-refractivity contribution in [2.24, 2.45) is 0 Å². The van der Waals surface area contributed by atoms with Crippen LogP contribution in [0.25, 0.3) is 0 Å². The quantitative estimate of drug-likeness (QED) is 0.734. The summed E-state index contributed by atoms with van der Waals surface area (Å²) in [6.07, 6.45) is 9.57. The molecule has 0 saturated carbocycles. The lowest BCUT2D eigenvalue weighted by Crippen LogP contribution is -2.13. The first-order valence-corrected chi connectivity index (χ1v) is 7.42. The van der Waals surface area contributed by atoms with Gasteiger partial charge in [-0.05, 0) is 43.8 Å². The minimum atomic E-state index is 0.337. The van der Waals surface area contributed by atoms with Gasteiger partial charge in [-0.25, -0.2) is 0 Å². The third-order valence-electron chi connectivity index (χ3n) is 3.19. The first-order valence-electron chi connectivity index (χ1n) is 6.03. The molecule has 0 spiro atoms. The second-order valence-corrected chi connectivity index (χ2v) is 5.33. The number of thioether (sulfide) groups is 1. The van der Waals surface area contributed by atoms with Gasteiger partial charge in [-0.15, -0.1) is 0 Å². The molecule has 0 bridgehead atoms. The number of fused-ring (bicyclic) bond motifs is 1. The zero-order valence-corrected chi connectivity index (χ0v) is 10.7. The highest BCUT2D eigenvalue weighted by atomic mass is 32.2. The summed E-state index contributed by atoms with van der Waals surface area (Å²) in [5.74, 6) is 1.58. The lowest BCUT2D eigenvalue weighted by molar-refractivity contribution is 0.0971. The van der Waals surface area contributed by atoms with Gasteiger partial charge in [0.05, 0.1) is 0 Å². The molecule has 3 heteroatoms. The van der Waals surface area contributed by atoms with Gasteiger partial charge in [0.2, 0.25) is 0 Å². The summed E-state index contributed by atoms with van der Waals surface area (Å²) < 4.78 is 2.28. The van der Waals surface area contributed by atoms with E-state index >= 15 is 0 Å². The molecule has 0 radical (unpaired) electrons. The fourth-order valence-corrected chi connectivity index (χ4v) is 2.82. The predicted molar refractivity (Wildman–Crippen MR) is 69.3 cm³/mol. The van der Waals surface area contributed by atoms with Crippen molar-refractivity contribution >= 4 is 17.5 Å². The van der Waals surface area contributed by atoms with E-state index in [1.165, 1.54) is 24.3 Å². The van der Waals surface area contributed by atoms with E-state index < -0.39 is 0 Å². The third kappa shape index (κ3) is 2.51. The van der Waals surface area contributed by atoms with Gasteiger partial charge in [-0.3, -0.25) is 4.79 Å². The van der Waals surface area contributed by atoms with E-state index in [1.54, 1.807) is 0 Å². The van der Waals surface area contributed by atoms with Crippen LogP contribution in [0.1, 0.15) is 41.7 Å². The van der Waals surface area contributed by atoms with E-state index in [-0.39, 0.29) is 0 Å². The lowest BCUT2D eigenvalue weighted by atomic mass is 9.97. The maximum atomic E-state index is 11.7. The van der Waals surface area contributed by atoms with Gasteiger partial charge in [0.15, 0.2) is 5.78 Å². The number of unbranched alkanes of at least 4 members (excludes halogenated alkanes) is 1. The van der Waals surface area contributed by atoms with Crippen LogP contribution in [-0.2, 0) is 13.0 Å². The SMILES string of the molecule is CSCCCCn1ccc2c1CCCC2=O. The van der Waals surface area contributed by atoms with Crippen molar-refractivity contribution in [3.63, 3.8) is 0 Å². The molecule has 1 aromatic rings. The topological polar surface area (TPSA) is 22.0 Å². The molecule has 0 amide bonds. The maximum Gasteiger partial charge on any atom is 0.164 e.